The number of benzene rings is 2. The first kappa shape index (κ1) is 18.9. The number of rotatable bonds is 4. The van der Waals surface area contributed by atoms with Crippen molar-refractivity contribution in [2.24, 2.45) is 0 Å². The highest BCUT2D eigenvalue weighted by molar-refractivity contribution is 7.19. The third-order valence-corrected chi connectivity index (χ3v) is 6.00. The molecule has 4 aromatic rings. The Balaban J connectivity index is 1.88. The van der Waals surface area contributed by atoms with Crippen LogP contribution in [0, 0.1) is 6.92 Å². The molecule has 0 atom stereocenters. The molecule has 0 saturated heterocycles. The van der Waals surface area contributed by atoms with E-state index in [1.165, 1.54) is 16.0 Å². The Bertz CT molecular complexity index is 1230. The molecule has 0 spiro atoms. The molecule has 0 fully saturated rings. The fraction of sp³-hybridized carbons (Fsp3) is 0.150. The van der Waals surface area contributed by atoms with Crippen molar-refractivity contribution >= 4 is 44.8 Å². The minimum absolute atomic E-state index is 0.234. The molecule has 5 nitrogen and oxygen atoms in total. The minimum atomic E-state index is -0.234. The van der Waals surface area contributed by atoms with E-state index in [9.17, 15) is 4.79 Å². The number of thiazole rings is 1. The number of hydrogen-bond acceptors (Lipinski definition) is 5. The summed E-state index contributed by atoms with van der Waals surface area (Å²) in [4.78, 5) is 17.4. The van der Waals surface area contributed by atoms with Gasteiger partial charge in [0.15, 0.2) is 5.52 Å². The Morgan fingerprint density at radius 2 is 1.86 bits per heavy atom. The second-order valence-electron chi connectivity index (χ2n) is 6.20. The van der Waals surface area contributed by atoms with Crippen LogP contribution in [0.1, 0.15) is 10.6 Å². The molecule has 0 amide bonds. The van der Waals surface area contributed by atoms with Gasteiger partial charge in [-0.25, -0.2) is 9.67 Å². The zero-order valence-electron chi connectivity index (χ0n) is 15.1. The van der Waals surface area contributed by atoms with Crippen molar-refractivity contribution in [1.29, 1.82) is 0 Å². The predicted octanol–water partition coefficient (Wildman–Crippen LogP) is 5.19. The fourth-order valence-electron chi connectivity index (χ4n) is 2.92. The third kappa shape index (κ3) is 3.51. The molecule has 0 bridgehead atoms. The van der Waals surface area contributed by atoms with Gasteiger partial charge < -0.3 is 4.74 Å². The first-order valence-corrected chi connectivity index (χ1v) is 10.00. The quantitative estimate of drug-likeness (QED) is 0.445. The number of fused-ring (bicyclic) bond motifs is 1. The van der Waals surface area contributed by atoms with Crippen LogP contribution in [0.5, 0.6) is 5.75 Å². The number of ether oxygens (including phenoxy) is 1. The maximum absolute atomic E-state index is 12.9. The minimum Gasteiger partial charge on any atom is -0.497 e. The molecule has 0 saturated carbocycles. The van der Waals surface area contributed by atoms with E-state index >= 15 is 0 Å². The van der Waals surface area contributed by atoms with E-state index in [1.54, 1.807) is 19.2 Å². The van der Waals surface area contributed by atoms with Crippen molar-refractivity contribution in [2.45, 2.75) is 13.5 Å². The van der Waals surface area contributed by atoms with Gasteiger partial charge in [0.25, 0.3) is 5.56 Å². The lowest BCUT2D eigenvalue weighted by Gasteiger charge is -2.10. The molecule has 4 rings (SSSR count). The summed E-state index contributed by atoms with van der Waals surface area (Å²) in [5, 5.41) is 6.37. The average molecular weight is 432 g/mol. The number of hydrogen-bond donors (Lipinski definition) is 0. The van der Waals surface area contributed by atoms with E-state index in [0.29, 0.717) is 21.3 Å². The van der Waals surface area contributed by atoms with Crippen LogP contribution in [0.4, 0.5) is 0 Å². The van der Waals surface area contributed by atoms with Crippen molar-refractivity contribution in [3.63, 3.8) is 0 Å². The van der Waals surface area contributed by atoms with Gasteiger partial charge in [-0.2, -0.15) is 5.10 Å². The Morgan fingerprint density at radius 1 is 1.11 bits per heavy atom. The van der Waals surface area contributed by atoms with E-state index in [4.69, 9.17) is 27.9 Å². The average Bonchev–Trinajstić information content (AvgIpc) is 3.09. The molecule has 28 heavy (non-hydrogen) atoms. The summed E-state index contributed by atoms with van der Waals surface area (Å²) >= 11 is 13.6. The maximum Gasteiger partial charge on any atom is 0.294 e. The molecule has 0 aliphatic rings. The zero-order valence-corrected chi connectivity index (χ0v) is 17.4. The summed E-state index contributed by atoms with van der Waals surface area (Å²) in [5.41, 5.74) is 2.61. The lowest BCUT2D eigenvalue weighted by atomic mass is 10.1. The standard InChI is InChI=1S/C20H15Cl2N3O2S/c1-11-23-18-19(28-11)17(13-4-6-14(27-2)7-5-13)24-25(20(18)26)10-12-3-8-15(21)16(22)9-12/h3-9H,10H2,1-2H3. The van der Waals surface area contributed by atoms with Crippen LogP contribution in [0.25, 0.3) is 21.5 Å². The van der Waals surface area contributed by atoms with Gasteiger partial charge in [0, 0.05) is 5.56 Å². The first-order valence-electron chi connectivity index (χ1n) is 8.43. The Kier molecular flexibility index (Phi) is 5.10. The zero-order chi connectivity index (χ0) is 19.8. The van der Waals surface area contributed by atoms with Crippen LogP contribution < -0.4 is 10.3 Å². The SMILES string of the molecule is COc1ccc(-c2nn(Cc3ccc(Cl)c(Cl)c3)c(=O)c3nc(C)sc23)cc1. The van der Waals surface area contributed by atoms with E-state index < -0.39 is 0 Å². The Morgan fingerprint density at radius 3 is 2.54 bits per heavy atom. The summed E-state index contributed by atoms with van der Waals surface area (Å²) in [6, 6.07) is 12.8. The molecule has 2 aromatic carbocycles. The van der Waals surface area contributed by atoms with Crippen LogP contribution in [0.2, 0.25) is 10.0 Å². The van der Waals surface area contributed by atoms with Gasteiger partial charge in [-0.1, -0.05) is 29.3 Å². The largest absolute Gasteiger partial charge is 0.497 e. The monoisotopic (exact) mass is 431 g/mol. The van der Waals surface area contributed by atoms with Crippen molar-refractivity contribution in [3.8, 4) is 17.0 Å². The molecule has 0 aliphatic heterocycles. The lowest BCUT2D eigenvalue weighted by molar-refractivity contribution is 0.415. The smallest absolute Gasteiger partial charge is 0.294 e. The molecule has 0 unspecified atom stereocenters. The second kappa shape index (κ2) is 7.54. The third-order valence-electron chi connectivity index (χ3n) is 4.29. The van der Waals surface area contributed by atoms with E-state index in [2.05, 4.69) is 10.1 Å². The van der Waals surface area contributed by atoms with Crippen molar-refractivity contribution < 1.29 is 4.74 Å². The number of aryl methyl sites for hydroxylation is 1. The number of methoxy groups -OCH3 is 1. The predicted molar refractivity (Wildman–Crippen MR) is 114 cm³/mol. The second-order valence-corrected chi connectivity index (χ2v) is 8.22. The normalized spacial score (nSPS) is 11.1. The Hall–Kier alpha value is -2.41. The summed E-state index contributed by atoms with van der Waals surface area (Å²) in [6.07, 6.45) is 0. The molecular weight excluding hydrogens is 417 g/mol. The lowest BCUT2D eigenvalue weighted by Crippen LogP contribution is -2.24. The van der Waals surface area contributed by atoms with Gasteiger partial charge in [-0.05, 0) is 48.9 Å². The number of aromatic nitrogens is 3. The van der Waals surface area contributed by atoms with Gasteiger partial charge in [0.1, 0.15) is 11.4 Å². The topological polar surface area (TPSA) is 57.0 Å². The van der Waals surface area contributed by atoms with Crippen LogP contribution >= 0.6 is 34.5 Å². The molecule has 142 valence electrons. The highest BCUT2D eigenvalue weighted by Crippen LogP contribution is 2.30. The molecule has 0 radical (unpaired) electrons. The van der Waals surface area contributed by atoms with Gasteiger partial charge in [0.2, 0.25) is 0 Å². The summed E-state index contributed by atoms with van der Waals surface area (Å²) in [6.45, 7) is 2.15. The highest BCUT2D eigenvalue weighted by Gasteiger charge is 2.17. The van der Waals surface area contributed by atoms with Gasteiger partial charge >= 0.3 is 0 Å². The van der Waals surface area contributed by atoms with Crippen molar-refractivity contribution in [1.82, 2.24) is 14.8 Å². The van der Waals surface area contributed by atoms with Crippen LogP contribution in [-0.4, -0.2) is 21.9 Å². The van der Waals surface area contributed by atoms with Crippen molar-refractivity contribution in [2.75, 3.05) is 7.11 Å². The summed E-state index contributed by atoms with van der Waals surface area (Å²) in [5.74, 6) is 0.754. The fourth-order valence-corrected chi connectivity index (χ4v) is 4.16. The van der Waals surface area contributed by atoms with E-state index in [-0.39, 0.29) is 12.1 Å². The maximum atomic E-state index is 12.9. The Labute approximate surface area is 175 Å². The number of halogens is 2. The summed E-state index contributed by atoms with van der Waals surface area (Å²) in [7, 11) is 1.62. The molecule has 2 aromatic heterocycles. The molecule has 2 heterocycles. The van der Waals surface area contributed by atoms with Crippen LogP contribution in [0.3, 0.4) is 0 Å². The van der Waals surface area contributed by atoms with Gasteiger partial charge in [0.05, 0.1) is 33.4 Å². The number of nitrogens with zero attached hydrogens (tertiary/aromatic N) is 3. The van der Waals surface area contributed by atoms with Crippen LogP contribution in [-0.2, 0) is 6.54 Å². The van der Waals surface area contributed by atoms with Gasteiger partial charge in [-0.15, -0.1) is 11.3 Å². The molecule has 8 heteroatoms. The van der Waals surface area contributed by atoms with E-state index in [0.717, 1.165) is 26.6 Å². The molecule has 0 N–H and O–H groups in total. The first-order chi connectivity index (χ1) is 13.5. The van der Waals surface area contributed by atoms with Gasteiger partial charge in [-0.3, -0.25) is 4.79 Å². The molecular formula is C20H15Cl2N3O2S. The molecule has 0 aliphatic carbocycles. The van der Waals surface area contributed by atoms with E-state index in [1.807, 2.05) is 37.3 Å². The van der Waals surface area contributed by atoms with Crippen LogP contribution in [0.15, 0.2) is 47.3 Å². The summed E-state index contributed by atoms with van der Waals surface area (Å²) < 4.78 is 7.42. The highest BCUT2D eigenvalue weighted by atomic mass is 35.5. The van der Waals surface area contributed by atoms with Crippen molar-refractivity contribution in [3.05, 3.63) is 73.4 Å².